The Kier molecular flexibility index (Phi) is 3.93. The predicted octanol–water partition coefficient (Wildman–Crippen LogP) is 3.73. The lowest BCUT2D eigenvalue weighted by Crippen LogP contribution is -2.20. The highest BCUT2D eigenvalue weighted by Gasteiger charge is 2.38. The minimum Gasteiger partial charge on any atom is -0.420 e. The van der Waals surface area contributed by atoms with Crippen molar-refractivity contribution in [1.82, 2.24) is 0 Å². The molecule has 0 spiro atoms. The molecule has 0 N–H and O–H groups in total. The van der Waals surface area contributed by atoms with E-state index in [0.717, 1.165) is 24.8 Å². The van der Waals surface area contributed by atoms with Gasteiger partial charge in [-0.2, -0.15) is 0 Å². The smallest absolute Gasteiger partial charge is 0.420 e. The van der Waals surface area contributed by atoms with Crippen molar-refractivity contribution in [1.29, 1.82) is 0 Å². The number of cyclic esters (lactones) is 2. The van der Waals surface area contributed by atoms with Crippen molar-refractivity contribution in [3.8, 4) is 0 Å². The van der Waals surface area contributed by atoms with Gasteiger partial charge in [-0.15, -0.1) is 0 Å². The first-order valence-corrected chi connectivity index (χ1v) is 5.37. The molecule has 3 heteroatoms. The summed E-state index contributed by atoms with van der Waals surface area (Å²) in [5, 5.41) is 0. The zero-order chi connectivity index (χ0) is 12.2. The fourth-order valence-electron chi connectivity index (χ4n) is 1.44. The van der Waals surface area contributed by atoms with Crippen LogP contribution in [0.25, 0.3) is 0 Å². The molecule has 0 atom stereocenters. The third-order valence-corrected chi connectivity index (χ3v) is 2.45. The molecule has 16 heavy (non-hydrogen) atoms. The molecule has 0 aliphatic carbocycles. The van der Waals surface area contributed by atoms with E-state index < -0.39 is 11.8 Å². The Bertz CT molecular complexity index is 337. The Morgan fingerprint density at radius 2 is 2.19 bits per heavy atom. The number of ether oxygens (including phenoxy) is 2. The second-order valence-corrected chi connectivity index (χ2v) is 4.29. The molecule has 0 amide bonds. The quantitative estimate of drug-likeness (QED) is 0.404. The molecule has 0 radical (unpaired) electrons. The van der Waals surface area contributed by atoms with E-state index in [0.29, 0.717) is 5.76 Å². The summed E-state index contributed by atoms with van der Waals surface area (Å²) in [5.41, 5.74) is 0.393. The maximum atomic E-state index is 10.9. The summed E-state index contributed by atoms with van der Waals surface area (Å²) < 4.78 is 9.96. The third kappa shape index (κ3) is 3.26. The molecule has 88 valence electrons. The predicted molar refractivity (Wildman–Crippen MR) is 62.9 cm³/mol. The molecule has 0 aromatic rings. The maximum Gasteiger partial charge on any atom is 0.514 e. The maximum absolute atomic E-state index is 10.9. The van der Waals surface area contributed by atoms with E-state index in [1.54, 1.807) is 6.08 Å². The van der Waals surface area contributed by atoms with E-state index in [9.17, 15) is 4.79 Å². The van der Waals surface area contributed by atoms with Crippen LogP contribution in [0.2, 0.25) is 0 Å². The van der Waals surface area contributed by atoms with Crippen LogP contribution < -0.4 is 0 Å². The number of hydrogen-bond acceptors (Lipinski definition) is 3. The largest absolute Gasteiger partial charge is 0.514 e. The fraction of sp³-hybridized carbons (Fsp3) is 0.462. The van der Waals surface area contributed by atoms with Gasteiger partial charge in [-0.05, 0) is 39.2 Å². The van der Waals surface area contributed by atoms with Crippen molar-refractivity contribution in [2.75, 3.05) is 0 Å². The van der Waals surface area contributed by atoms with Crippen LogP contribution in [0.1, 0.15) is 33.1 Å². The summed E-state index contributed by atoms with van der Waals surface area (Å²) in [4.78, 5) is 10.9. The number of allylic oxidation sites excluding steroid dienone is 3. The van der Waals surface area contributed by atoms with Gasteiger partial charge in [0.25, 0.3) is 0 Å². The van der Waals surface area contributed by atoms with Gasteiger partial charge < -0.3 is 9.47 Å². The second kappa shape index (κ2) is 5.01. The summed E-state index contributed by atoms with van der Waals surface area (Å²) in [6.45, 7) is 11.1. The normalized spacial score (nSPS) is 20.4. The number of unbranched alkanes of at least 4 members (excludes halogenated alkanes) is 1. The first-order chi connectivity index (χ1) is 7.45. The van der Waals surface area contributed by atoms with E-state index in [1.807, 2.05) is 19.9 Å². The molecule has 0 saturated carbocycles. The molecule has 0 aromatic heterocycles. The Morgan fingerprint density at radius 3 is 2.69 bits per heavy atom. The topological polar surface area (TPSA) is 35.5 Å². The second-order valence-electron chi connectivity index (χ2n) is 4.29. The van der Waals surface area contributed by atoms with Gasteiger partial charge in [-0.25, -0.2) is 4.79 Å². The van der Waals surface area contributed by atoms with Crippen LogP contribution in [0.4, 0.5) is 4.79 Å². The van der Waals surface area contributed by atoms with Gasteiger partial charge in [0, 0.05) is 0 Å². The molecule has 1 heterocycles. The average molecular weight is 222 g/mol. The minimum atomic E-state index is -0.632. The lowest BCUT2D eigenvalue weighted by molar-refractivity contribution is 0.0872. The van der Waals surface area contributed by atoms with Gasteiger partial charge in [0.2, 0.25) is 0 Å². The van der Waals surface area contributed by atoms with Crippen LogP contribution >= 0.6 is 0 Å². The highest BCUT2D eigenvalue weighted by molar-refractivity contribution is 5.66. The van der Waals surface area contributed by atoms with Gasteiger partial charge in [0.1, 0.15) is 0 Å². The van der Waals surface area contributed by atoms with Gasteiger partial charge >= 0.3 is 6.16 Å². The molecule has 1 fully saturated rings. The van der Waals surface area contributed by atoms with E-state index >= 15 is 0 Å². The van der Waals surface area contributed by atoms with Gasteiger partial charge in [-0.1, -0.05) is 24.8 Å². The molecular formula is C13H18O3. The summed E-state index contributed by atoms with van der Waals surface area (Å²) >= 11 is 0. The van der Waals surface area contributed by atoms with E-state index in [2.05, 4.69) is 13.2 Å². The Balaban J connectivity index is 2.43. The van der Waals surface area contributed by atoms with Crippen LogP contribution in [-0.4, -0.2) is 11.8 Å². The van der Waals surface area contributed by atoms with Crippen LogP contribution in [-0.2, 0) is 9.47 Å². The molecule has 1 aliphatic heterocycles. The van der Waals surface area contributed by atoms with E-state index in [1.165, 1.54) is 0 Å². The standard InChI is InChI=1S/C13H18O3/c1-5-10(2)8-6-7-9-11-13(3,4)16-12(14)15-11/h5,9H,1-2,6-8H2,3-4H3/b11-9+. The molecule has 3 nitrogen and oxygen atoms in total. The molecule has 1 saturated heterocycles. The van der Waals surface area contributed by atoms with Crippen molar-refractivity contribution in [3.05, 3.63) is 36.6 Å². The lowest BCUT2D eigenvalue weighted by Gasteiger charge is -2.13. The van der Waals surface area contributed by atoms with Crippen molar-refractivity contribution >= 4 is 6.16 Å². The highest BCUT2D eigenvalue weighted by Crippen LogP contribution is 2.30. The first kappa shape index (κ1) is 12.6. The van der Waals surface area contributed by atoms with Crippen molar-refractivity contribution in [3.63, 3.8) is 0 Å². The van der Waals surface area contributed by atoms with Crippen molar-refractivity contribution in [2.45, 2.75) is 38.7 Å². The molecule has 1 rings (SSSR count). The van der Waals surface area contributed by atoms with E-state index in [-0.39, 0.29) is 0 Å². The van der Waals surface area contributed by atoms with Gasteiger partial charge in [-0.3, -0.25) is 0 Å². The molecular weight excluding hydrogens is 204 g/mol. The number of carbonyl (C=O) groups excluding carboxylic acids is 1. The average Bonchev–Trinajstić information content (AvgIpc) is 2.46. The van der Waals surface area contributed by atoms with Gasteiger partial charge in [0.05, 0.1) is 0 Å². The summed E-state index contributed by atoms with van der Waals surface area (Å²) in [6, 6.07) is 0. The zero-order valence-electron chi connectivity index (χ0n) is 9.91. The van der Waals surface area contributed by atoms with Crippen LogP contribution in [0.3, 0.4) is 0 Å². The Morgan fingerprint density at radius 1 is 1.50 bits per heavy atom. The Labute approximate surface area is 96.4 Å². The highest BCUT2D eigenvalue weighted by atomic mass is 16.8. The molecule has 0 bridgehead atoms. The zero-order valence-corrected chi connectivity index (χ0v) is 9.91. The SMILES string of the molecule is C=CC(=C)CCC/C=C1/OC(=O)OC1(C)C. The third-order valence-electron chi connectivity index (χ3n) is 2.45. The fourth-order valence-corrected chi connectivity index (χ4v) is 1.44. The number of carbonyl (C=O) groups is 1. The number of hydrogen-bond donors (Lipinski definition) is 0. The first-order valence-electron chi connectivity index (χ1n) is 5.37. The number of rotatable bonds is 5. The minimum absolute atomic E-state index is 0.599. The van der Waals surface area contributed by atoms with Crippen molar-refractivity contribution in [2.24, 2.45) is 0 Å². The van der Waals surface area contributed by atoms with Crippen LogP contribution in [0.15, 0.2) is 36.6 Å². The van der Waals surface area contributed by atoms with Gasteiger partial charge in [0.15, 0.2) is 11.4 Å². The lowest BCUT2D eigenvalue weighted by atomic mass is 10.0. The van der Waals surface area contributed by atoms with E-state index in [4.69, 9.17) is 9.47 Å². The Hall–Kier alpha value is -1.51. The molecule has 0 aromatic carbocycles. The summed E-state index contributed by atoms with van der Waals surface area (Å²) in [6.07, 6.45) is 5.75. The summed E-state index contributed by atoms with van der Waals surface area (Å²) in [7, 11) is 0. The van der Waals surface area contributed by atoms with Crippen LogP contribution in [0.5, 0.6) is 0 Å². The van der Waals surface area contributed by atoms with Crippen molar-refractivity contribution < 1.29 is 14.3 Å². The molecule has 1 aliphatic rings. The monoisotopic (exact) mass is 222 g/mol. The molecule has 0 unspecified atom stereocenters. The summed E-state index contributed by atoms with van der Waals surface area (Å²) in [5.74, 6) is 0.599. The van der Waals surface area contributed by atoms with Crippen LogP contribution in [0, 0.1) is 0 Å².